The number of methoxy groups -OCH3 is 1. The lowest BCUT2D eigenvalue weighted by atomic mass is 9.89. The van der Waals surface area contributed by atoms with Crippen molar-refractivity contribution in [1.82, 2.24) is 4.90 Å². The fraction of sp³-hybridized carbons (Fsp3) is 0.364. The van der Waals surface area contributed by atoms with Crippen LogP contribution in [0.5, 0.6) is 5.75 Å². The fourth-order valence-corrected chi connectivity index (χ4v) is 5.39. The molecule has 1 aliphatic heterocycles. The van der Waals surface area contributed by atoms with E-state index in [4.69, 9.17) is 4.74 Å². The molecule has 8 heteroatoms. The molecular weight excluding hydrogens is 470 g/mol. The van der Waals surface area contributed by atoms with Crippen molar-refractivity contribution in [2.24, 2.45) is 5.92 Å². The highest BCUT2D eigenvalue weighted by atomic mass is 79.9. The molecule has 2 aromatic carbocycles. The van der Waals surface area contributed by atoms with Gasteiger partial charge in [0.05, 0.1) is 12.9 Å². The van der Waals surface area contributed by atoms with Gasteiger partial charge in [-0.2, -0.15) is 0 Å². The number of ketones is 1. The summed E-state index contributed by atoms with van der Waals surface area (Å²) in [7, 11) is -2.00. The van der Waals surface area contributed by atoms with Crippen LogP contribution < -0.4 is 4.74 Å². The van der Waals surface area contributed by atoms with E-state index in [9.17, 15) is 18.0 Å². The molecule has 1 fully saturated rings. The van der Waals surface area contributed by atoms with Gasteiger partial charge < -0.3 is 9.64 Å². The highest BCUT2D eigenvalue weighted by molar-refractivity contribution is 9.10. The predicted octanol–water partition coefficient (Wildman–Crippen LogP) is 3.49. The number of amides is 1. The number of hydrogen-bond donors (Lipinski definition) is 0. The van der Waals surface area contributed by atoms with Crippen molar-refractivity contribution in [3.8, 4) is 5.75 Å². The molecule has 0 aliphatic carbocycles. The Balaban J connectivity index is 1.53. The molecule has 6 nitrogen and oxygen atoms in total. The summed E-state index contributed by atoms with van der Waals surface area (Å²) >= 11 is 3.32. The second-order valence-corrected chi connectivity index (χ2v) is 10.4. The van der Waals surface area contributed by atoms with Gasteiger partial charge in [0, 0.05) is 29.0 Å². The SMILES string of the molecule is COc1ccc(C(=O)C2CCN(C(=O)CS(=O)(=O)Cc3cccc(Br)c3)CC2)cc1. The van der Waals surface area contributed by atoms with Crippen LogP contribution in [0.3, 0.4) is 0 Å². The summed E-state index contributed by atoms with van der Waals surface area (Å²) in [5.41, 5.74) is 1.26. The normalized spacial score (nSPS) is 15.1. The molecule has 3 rings (SSSR count). The number of halogens is 1. The third-order valence-electron chi connectivity index (χ3n) is 5.21. The minimum absolute atomic E-state index is 0.0482. The van der Waals surface area contributed by atoms with E-state index >= 15 is 0 Å². The van der Waals surface area contributed by atoms with Gasteiger partial charge in [0.2, 0.25) is 5.91 Å². The van der Waals surface area contributed by atoms with E-state index in [1.54, 1.807) is 54.5 Å². The number of likely N-dealkylation sites (tertiary alicyclic amines) is 1. The number of piperidine rings is 1. The molecule has 1 amide bonds. The zero-order valence-electron chi connectivity index (χ0n) is 16.7. The molecule has 1 aliphatic rings. The summed E-state index contributed by atoms with van der Waals surface area (Å²) in [4.78, 5) is 26.8. The van der Waals surface area contributed by atoms with Crippen LogP contribution in [0.1, 0.15) is 28.8 Å². The first-order chi connectivity index (χ1) is 14.3. The van der Waals surface area contributed by atoms with E-state index in [0.717, 1.165) is 4.47 Å². The molecule has 0 bridgehead atoms. The van der Waals surface area contributed by atoms with Crippen molar-refractivity contribution in [2.45, 2.75) is 18.6 Å². The number of sulfone groups is 1. The van der Waals surface area contributed by atoms with Crippen LogP contribution in [0.15, 0.2) is 53.0 Å². The van der Waals surface area contributed by atoms with Gasteiger partial charge in [-0.15, -0.1) is 0 Å². The lowest BCUT2D eigenvalue weighted by Crippen LogP contribution is -2.42. The maximum Gasteiger partial charge on any atom is 0.237 e. The van der Waals surface area contributed by atoms with Crippen molar-refractivity contribution in [3.05, 3.63) is 64.1 Å². The second kappa shape index (κ2) is 9.75. The molecule has 0 aromatic heterocycles. The molecule has 0 radical (unpaired) electrons. The number of rotatable bonds is 7. The number of nitrogens with zero attached hydrogens (tertiary/aromatic N) is 1. The van der Waals surface area contributed by atoms with E-state index in [2.05, 4.69) is 15.9 Å². The van der Waals surface area contributed by atoms with Gasteiger partial charge >= 0.3 is 0 Å². The van der Waals surface area contributed by atoms with E-state index in [-0.39, 0.29) is 17.5 Å². The molecule has 2 aromatic rings. The highest BCUT2D eigenvalue weighted by Gasteiger charge is 2.30. The van der Waals surface area contributed by atoms with Crippen LogP contribution in [-0.4, -0.2) is 51.0 Å². The van der Waals surface area contributed by atoms with Gasteiger partial charge in [0.15, 0.2) is 15.6 Å². The van der Waals surface area contributed by atoms with Crippen molar-refractivity contribution in [3.63, 3.8) is 0 Å². The summed E-state index contributed by atoms with van der Waals surface area (Å²) in [6.07, 6.45) is 1.06. The third kappa shape index (κ3) is 5.92. The van der Waals surface area contributed by atoms with Gasteiger partial charge in [-0.05, 0) is 54.8 Å². The number of Topliss-reactive ketones (excluding diaryl/α,β-unsaturated/α-hetero) is 1. The number of carbonyl (C=O) groups is 2. The highest BCUT2D eigenvalue weighted by Crippen LogP contribution is 2.23. The Kier molecular flexibility index (Phi) is 7.31. The minimum Gasteiger partial charge on any atom is -0.497 e. The quantitative estimate of drug-likeness (QED) is 0.551. The summed E-state index contributed by atoms with van der Waals surface area (Å²) in [6.45, 7) is 0.773. The zero-order chi connectivity index (χ0) is 21.7. The first kappa shape index (κ1) is 22.5. The summed E-state index contributed by atoms with van der Waals surface area (Å²) < 4.78 is 30.8. The van der Waals surface area contributed by atoms with Crippen LogP contribution >= 0.6 is 15.9 Å². The largest absolute Gasteiger partial charge is 0.497 e. The Bertz CT molecular complexity index is 1010. The molecule has 0 saturated carbocycles. The van der Waals surface area contributed by atoms with Crippen molar-refractivity contribution >= 4 is 37.5 Å². The van der Waals surface area contributed by atoms with Crippen LogP contribution in [0, 0.1) is 5.92 Å². The molecule has 1 heterocycles. The summed E-state index contributed by atoms with van der Waals surface area (Å²) in [5.74, 6) is -0.523. The van der Waals surface area contributed by atoms with Crippen LogP contribution in [0.2, 0.25) is 0 Å². The second-order valence-electron chi connectivity index (χ2n) is 7.41. The van der Waals surface area contributed by atoms with Crippen molar-refractivity contribution in [1.29, 1.82) is 0 Å². The Hall–Kier alpha value is -2.19. The maximum absolute atomic E-state index is 12.7. The summed E-state index contributed by atoms with van der Waals surface area (Å²) in [6, 6.07) is 14.0. The van der Waals surface area contributed by atoms with Crippen LogP contribution in [-0.2, 0) is 20.4 Å². The maximum atomic E-state index is 12.7. The Labute approximate surface area is 185 Å². The van der Waals surface area contributed by atoms with E-state index in [0.29, 0.717) is 42.8 Å². The molecule has 0 atom stereocenters. The minimum atomic E-state index is -3.57. The number of ether oxygens (including phenoxy) is 1. The van der Waals surface area contributed by atoms with E-state index < -0.39 is 21.5 Å². The molecule has 30 heavy (non-hydrogen) atoms. The fourth-order valence-electron chi connectivity index (χ4n) is 3.59. The summed E-state index contributed by atoms with van der Waals surface area (Å²) in [5, 5.41) is 0. The topological polar surface area (TPSA) is 80.8 Å². The van der Waals surface area contributed by atoms with Crippen molar-refractivity contribution in [2.75, 3.05) is 26.0 Å². The standard InChI is InChI=1S/C22H24BrNO5S/c1-29-20-7-5-17(6-8-20)22(26)18-9-11-24(12-10-18)21(25)15-30(27,28)14-16-3-2-4-19(23)13-16/h2-8,13,18H,9-12,14-15H2,1H3. The van der Waals surface area contributed by atoms with Crippen LogP contribution in [0.4, 0.5) is 0 Å². The predicted molar refractivity (Wildman–Crippen MR) is 118 cm³/mol. The Morgan fingerprint density at radius 2 is 1.77 bits per heavy atom. The Morgan fingerprint density at radius 1 is 1.10 bits per heavy atom. The zero-order valence-corrected chi connectivity index (χ0v) is 19.1. The molecule has 1 saturated heterocycles. The molecule has 0 spiro atoms. The lowest BCUT2D eigenvalue weighted by molar-refractivity contribution is -0.129. The molecule has 0 unspecified atom stereocenters. The first-order valence-electron chi connectivity index (χ1n) is 9.68. The van der Waals surface area contributed by atoms with Gasteiger partial charge in [0.1, 0.15) is 11.5 Å². The average molecular weight is 494 g/mol. The number of hydrogen-bond acceptors (Lipinski definition) is 5. The average Bonchev–Trinajstić information content (AvgIpc) is 2.72. The first-order valence-corrected chi connectivity index (χ1v) is 12.3. The van der Waals surface area contributed by atoms with Crippen molar-refractivity contribution < 1.29 is 22.7 Å². The van der Waals surface area contributed by atoms with Gasteiger partial charge in [0.25, 0.3) is 0 Å². The van der Waals surface area contributed by atoms with Gasteiger partial charge in [-0.3, -0.25) is 9.59 Å². The lowest BCUT2D eigenvalue weighted by Gasteiger charge is -2.31. The van der Waals surface area contributed by atoms with Gasteiger partial charge in [-0.25, -0.2) is 8.42 Å². The van der Waals surface area contributed by atoms with Gasteiger partial charge in [-0.1, -0.05) is 28.1 Å². The van der Waals surface area contributed by atoms with E-state index in [1.165, 1.54) is 0 Å². The number of carbonyl (C=O) groups excluding carboxylic acids is 2. The number of benzene rings is 2. The molecular formula is C22H24BrNO5S. The molecule has 160 valence electrons. The van der Waals surface area contributed by atoms with E-state index in [1.807, 2.05) is 6.07 Å². The Morgan fingerprint density at radius 3 is 2.37 bits per heavy atom. The monoisotopic (exact) mass is 493 g/mol. The third-order valence-corrected chi connectivity index (χ3v) is 7.17. The van der Waals surface area contributed by atoms with Crippen LogP contribution in [0.25, 0.3) is 0 Å². The smallest absolute Gasteiger partial charge is 0.237 e. The molecule has 0 N–H and O–H groups in total.